The van der Waals surface area contributed by atoms with Gasteiger partial charge in [-0.25, -0.2) is 4.98 Å². The molecule has 3 aromatic rings. The average Bonchev–Trinajstić information content (AvgIpc) is 3.31. The number of fused-ring (bicyclic) bond motifs is 1. The quantitative estimate of drug-likeness (QED) is 0.442. The minimum atomic E-state index is -0.0526. The molecule has 1 aromatic carbocycles. The van der Waals surface area contributed by atoms with E-state index in [9.17, 15) is 4.79 Å². The molecule has 1 amide bonds. The minimum Gasteiger partial charge on any atom is -0.408 e. The normalized spacial score (nSPS) is 21.1. The number of nitrogens with one attached hydrogen (secondary N) is 1. The summed E-state index contributed by atoms with van der Waals surface area (Å²) in [7, 11) is 0. The molecular weight excluding hydrogens is 504 g/mol. The molecule has 0 saturated carbocycles. The fourth-order valence-electron chi connectivity index (χ4n) is 6.31. The van der Waals surface area contributed by atoms with Crippen molar-refractivity contribution in [2.45, 2.75) is 76.7 Å². The van der Waals surface area contributed by atoms with Gasteiger partial charge in [0.25, 0.3) is 0 Å². The molecule has 1 aliphatic carbocycles. The van der Waals surface area contributed by atoms with Crippen LogP contribution >= 0.6 is 0 Å². The van der Waals surface area contributed by atoms with Gasteiger partial charge in [-0.05, 0) is 56.4 Å². The molecule has 2 fully saturated rings. The molecule has 2 atom stereocenters. The molecule has 3 aliphatic rings. The van der Waals surface area contributed by atoms with Gasteiger partial charge in [0.2, 0.25) is 17.7 Å². The summed E-state index contributed by atoms with van der Waals surface area (Å²) in [5, 5.41) is 11.8. The Morgan fingerprint density at radius 1 is 1.02 bits per heavy atom. The zero-order valence-electron chi connectivity index (χ0n) is 23.4. The van der Waals surface area contributed by atoms with Crippen LogP contribution in [0.2, 0.25) is 0 Å². The molecule has 3 N–H and O–H groups in total. The molecular formula is C30H40N8O2. The third kappa shape index (κ3) is 5.90. The van der Waals surface area contributed by atoms with Gasteiger partial charge in [0.15, 0.2) is 0 Å². The van der Waals surface area contributed by atoms with Crippen molar-refractivity contribution in [3.8, 4) is 0 Å². The Labute approximate surface area is 235 Å². The number of likely N-dealkylation sites (tertiary alicyclic amines) is 1. The van der Waals surface area contributed by atoms with E-state index in [0.29, 0.717) is 24.8 Å². The molecule has 4 heterocycles. The van der Waals surface area contributed by atoms with Crippen LogP contribution in [0.5, 0.6) is 0 Å². The first-order chi connectivity index (χ1) is 19.5. The maximum absolute atomic E-state index is 12.9. The highest BCUT2D eigenvalue weighted by Crippen LogP contribution is 2.35. The number of nitrogen functional groups attached to an aromatic ring is 1. The van der Waals surface area contributed by atoms with Gasteiger partial charge in [0, 0.05) is 44.1 Å². The maximum Gasteiger partial charge on any atom is 0.312 e. The Morgan fingerprint density at radius 2 is 1.85 bits per heavy atom. The van der Waals surface area contributed by atoms with Crippen molar-refractivity contribution in [3.63, 3.8) is 0 Å². The van der Waals surface area contributed by atoms with Gasteiger partial charge in [-0.1, -0.05) is 48.8 Å². The fourth-order valence-corrected chi connectivity index (χ4v) is 6.31. The minimum absolute atomic E-state index is 0.0526. The molecule has 0 radical (unpaired) electrons. The second kappa shape index (κ2) is 11.8. The lowest BCUT2D eigenvalue weighted by Gasteiger charge is -2.33. The lowest BCUT2D eigenvalue weighted by molar-refractivity contribution is -0.130. The van der Waals surface area contributed by atoms with Crippen LogP contribution in [0.3, 0.4) is 0 Å². The highest BCUT2D eigenvalue weighted by Gasteiger charge is 2.30. The van der Waals surface area contributed by atoms with E-state index in [1.807, 2.05) is 11.0 Å². The second-order valence-corrected chi connectivity index (χ2v) is 11.6. The van der Waals surface area contributed by atoms with Gasteiger partial charge in [-0.15, -0.1) is 5.10 Å². The van der Waals surface area contributed by atoms with Crippen molar-refractivity contribution in [2.75, 3.05) is 42.1 Å². The van der Waals surface area contributed by atoms with Crippen molar-refractivity contribution < 1.29 is 9.21 Å². The van der Waals surface area contributed by atoms with Crippen molar-refractivity contribution in [1.82, 2.24) is 25.1 Å². The molecule has 0 spiro atoms. The summed E-state index contributed by atoms with van der Waals surface area (Å²) in [6, 6.07) is 10.5. The first kappa shape index (κ1) is 26.5. The molecule has 10 nitrogen and oxygen atoms in total. The standard InChI is InChI=1S/C30H40N8O2/c1-20-11-12-23-24(18-20)33-30(37-16-13-22(14-17-37)28-35-36-29(31)40-28)34-27(23)32-25(21-8-4-2-5-9-21)19-38-15-7-3-6-10-26(38)39/h2,4-5,8-9,20,22,25H,3,6-7,10-19H2,1H3,(H2,31,36)(H,32,33,34). The Balaban J connectivity index is 1.27. The van der Waals surface area contributed by atoms with E-state index in [2.05, 4.69) is 51.6 Å². The van der Waals surface area contributed by atoms with Crippen molar-refractivity contribution in [1.29, 1.82) is 0 Å². The summed E-state index contributed by atoms with van der Waals surface area (Å²) in [5.74, 6) is 3.35. The van der Waals surface area contributed by atoms with E-state index in [4.69, 9.17) is 20.1 Å². The van der Waals surface area contributed by atoms with Gasteiger partial charge in [-0.2, -0.15) is 4.98 Å². The number of hydrogen-bond acceptors (Lipinski definition) is 9. The number of hydrogen-bond donors (Lipinski definition) is 2. The van der Waals surface area contributed by atoms with Crippen LogP contribution < -0.4 is 16.0 Å². The number of anilines is 3. The number of rotatable bonds is 7. The summed E-state index contributed by atoms with van der Waals surface area (Å²) in [6.07, 6.45) is 8.60. The van der Waals surface area contributed by atoms with E-state index in [1.165, 1.54) is 5.56 Å². The smallest absolute Gasteiger partial charge is 0.312 e. The number of nitrogens with two attached hydrogens (primary N) is 1. The molecule has 2 unspecified atom stereocenters. The average molecular weight is 545 g/mol. The second-order valence-electron chi connectivity index (χ2n) is 11.6. The summed E-state index contributed by atoms with van der Waals surface area (Å²) in [4.78, 5) is 27.5. The molecule has 2 aliphatic heterocycles. The summed E-state index contributed by atoms with van der Waals surface area (Å²) in [5.41, 5.74) is 9.19. The van der Waals surface area contributed by atoms with E-state index < -0.39 is 0 Å². The maximum atomic E-state index is 12.9. The molecule has 6 rings (SSSR count). The van der Waals surface area contributed by atoms with Crippen LogP contribution in [0.25, 0.3) is 0 Å². The van der Waals surface area contributed by atoms with Crippen LogP contribution in [0.4, 0.5) is 17.8 Å². The van der Waals surface area contributed by atoms with E-state index in [0.717, 1.165) is 94.0 Å². The van der Waals surface area contributed by atoms with Gasteiger partial charge >= 0.3 is 6.01 Å². The van der Waals surface area contributed by atoms with Gasteiger partial charge < -0.3 is 25.3 Å². The van der Waals surface area contributed by atoms with E-state index >= 15 is 0 Å². The Hall–Kier alpha value is -3.69. The summed E-state index contributed by atoms with van der Waals surface area (Å²) in [6.45, 7) is 5.37. The van der Waals surface area contributed by atoms with Crippen molar-refractivity contribution >= 4 is 23.7 Å². The number of carbonyl (C=O) groups excluding carboxylic acids is 1. The van der Waals surface area contributed by atoms with Gasteiger partial charge in [0.1, 0.15) is 5.82 Å². The fraction of sp³-hybridized carbons (Fsp3) is 0.567. The zero-order chi connectivity index (χ0) is 27.5. The number of nitrogens with zero attached hydrogens (tertiary/aromatic N) is 6. The predicted octanol–water partition coefficient (Wildman–Crippen LogP) is 4.51. The molecule has 10 heteroatoms. The Morgan fingerprint density at radius 3 is 2.62 bits per heavy atom. The molecule has 2 aromatic heterocycles. The summed E-state index contributed by atoms with van der Waals surface area (Å²) < 4.78 is 5.50. The predicted molar refractivity (Wildman–Crippen MR) is 154 cm³/mol. The Kier molecular flexibility index (Phi) is 7.84. The topological polar surface area (TPSA) is 126 Å². The highest BCUT2D eigenvalue weighted by atomic mass is 16.4. The number of carbonyl (C=O) groups is 1. The van der Waals surface area contributed by atoms with Crippen LogP contribution in [-0.4, -0.2) is 57.2 Å². The van der Waals surface area contributed by atoms with Gasteiger partial charge in [0.05, 0.1) is 11.7 Å². The Bertz CT molecular complexity index is 1300. The SMILES string of the molecule is CC1CCc2c(nc(N3CCC(c4nnc(N)o4)CC3)nc2NC(CN2CCCCCC2=O)c2ccccc2)C1. The number of piperidine rings is 1. The van der Waals surface area contributed by atoms with Crippen molar-refractivity contribution in [2.24, 2.45) is 5.92 Å². The van der Waals surface area contributed by atoms with Crippen LogP contribution in [0, 0.1) is 5.92 Å². The first-order valence-corrected chi connectivity index (χ1v) is 14.9. The van der Waals surface area contributed by atoms with Crippen LogP contribution in [0.1, 0.15) is 86.5 Å². The van der Waals surface area contributed by atoms with E-state index in [1.54, 1.807) is 0 Å². The molecule has 2 saturated heterocycles. The molecule has 0 bridgehead atoms. The van der Waals surface area contributed by atoms with Crippen LogP contribution in [-0.2, 0) is 17.6 Å². The highest BCUT2D eigenvalue weighted by molar-refractivity contribution is 5.76. The summed E-state index contributed by atoms with van der Waals surface area (Å²) >= 11 is 0. The number of benzene rings is 1. The van der Waals surface area contributed by atoms with Crippen LogP contribution in [0.15, 0.2) is 34.7 Å². The van der Waals surface area contributed by atoms with Crippen molar-refractivity contribution in [3.05, 3.63) is 53.0 Å². The molecule has 40 heavy (non-hydrogen) atoms. The third-order valence-electron chi connectivity index (χ3n) is 8.68. The monoisotopic (exact) mass is 544 g/mol. The zero-order valence-corrected chi connectivity index (χ0v) is 23.4. The first-order valence-electron chi connectivity index (χ1n) is 14.9. The lowest BCUT2D eigenvalue weighted by atomic mass is 9.88. The third-order valence-corrected chi connectivity index (χ3v) is 8.68. The largest absolute Gasteiger partial charge is 0.408 e. The number of aromatic nitrogens is 4. The molecule has 212 valence electrons. The van der Waals surface area contributed by atoms with E-state index in [-0.39, 0.29) is 23.9 Å². The lowest BCUT2D eigenvalue weighted by Crippen LogP contribution is -2.37. The van der Waals surface area contributed by atoms with Gasteiger partial charge in [-0.3, -0.25) is 4.79 Å². The number of amides is 1.